The van der Waals surface area contributed by atoms with Crippen molar-refractivity contribution in [1.82, 2.24) is 0 Å². The molecule has 0 aliphatic heterocycles. The Kier molecular flexibility index (Phi) is 6.00. The van der Waals surface area contributed by atoms with Crippen LogP contribution >= 0.6 is 0 Å². The lowest BCUT2D eigenvalue weighted by molar-refractivity contribution is -0.159. The number of carbonyl (C=O) groups is 2. The van der Waals surface area contributed by atoms with Crippen LogP contribution in [-0.2, 0) is 20.7 Å². The molecule has 0 amide bonds. The average Bonchev–Trinajstić information content (AvgIpc) is 2.36. The summed E-state index contributed by atoms with van der Waals surface area (Å²) in [6.45, 7) is 1.67. The summed E-state index contributed by atoms with van der Waals surface area (Å²) in [5.74, 6) is -0.858. The Bertz CT molecular complexity index is 357. The standard InChI is InChI=1S/C14H18O3/c1-2-13(15)17-14(16)11-7-6-10-12-8-4-3-5-9-12/h3-5,8-9H,2,6-7,10-11H2,1H3. The molecular weight excluding hydrogens is 216 g/mol. The van der Waals surface area contributed by atoms with Gasteiger partial charge in [-0.1, -0.05) is 37.3 Å². The van der Waals surface area contributed by atoms with Crippen LogP contribution in [0.1, 0.15) is 38.2 Å². The van der Waals surface area contributed by atoms with Crippen molar-refractivity contribution in [3.8, 4) is 0 Å². The van der Waals surface area contributed by atoms with E-state index in [1.807, 2.05) is 18.2 Å². The van der Waals surface area contributed by atoms with E-state index in [0.29, 0.717) is 6.42 Å². The summed E-state index contributed by atoms with van der Waals surface area (Å²) < 4.78 is 4.57. The van der Waals surface area contributed by atoms with E-state index in [4.69, 9.17) is 0 Å². The molecule has 0 saturated carbocycles. The summed E-state index contributed by atoms with van der Waals surface area (Å²) in [5.41, 5.74) is 1.27. The van der Waals surface area contributed by atoms with Crippen LogP contribution in [0.25, 0.3) is 0 Å². The molecule has 0 saturated heterocycles. The Labute approximate surface area is 102 Å². The molecule has 3 heteroatoms. The molecule has 0 spiro atoms. The van der Waals surface area contributed by atoms with Crippen LogP contribution in [0.5, 0.6) is 0 Å². The quantitative estimate of drug-likeness (QED) is 0.432. The van der Waals surface area contributed by atoms with E-state index in [0.717, 1.165) is 19.3 Å². The molecule has 0 aliphatic carbocycles. The van der Waals surface area contributed by atoms with Crippen LogP contribution in [-0.4, -0.2) is 11.9 Å². The first-order chi connectivity index (χ1) is 8.22. The SMILES string of the molecule is CCC(=O)OC(=O)CCCCc1ccccc1. The predicted molar refractivity (Wildman–Crippen MR) is 65.4 cm³/mol. The number of hydrogen-bond acceptors (Lipinski definition) is 3. The van der Waals surface area contributed by atoms with Crippen molar-refractivity contribution in [2.24, 2.45) is 0 Å². The molecule has 3 nitrogen and oxygen atoms in total. The Morgan fingerprint density at radius 3 is 2.41 bits per heavy atom. The number of esters is 2. The van der Waals surface area contributed by atoms with Crippen LogP contribution in [0.15, 0.2) is 30.3 Å². The maximum atomic E-state index is 11.2. The van der Waals surface area contributed by atoms with Crippen molar-refractivity contribution in [3.05, 3.63) is 35.9 Å². The van der Waals surface area contributed by atoms with Gasteiger partial charge in [-0.3, -0.25) is 9.59 Å². The molecule has 0 fully saturated rings. The predicted octanol–water partition coefficient (Wildman–Crippen LogP) is 2.88. The van der Waals surface area contributed by atoms with Gasteiger partial charge in [0.1, 0.15) is 0 Å². The smallest absolute Gasteiger partial charge is 0.313 e. The fourth-order valence-corrected chi connectivity index (χ4v) is 1.49. The van der Waals surface area contributed by atoms with Crippen molar-refractivity contribution in [2.45, 2.75) is 39.0 Å². The molecule has 0 heterocycles. The summed E-state index contributed by atoms with van der Waals surface area (Å²) in [7, 11) is 0. The first-order valence-electron chi connectivity index (χ1n) is 5.99. The highest BCUT2D eigenvalue weighted by Crippen LogP contribution is 2.06. The molecule has 0 bridgehead atoms. The van der Waals surface area contributed by atoms with Gasteiger partial charge in [-0.05, 0) is 24.8 Å². The number of rotatable bonds is 6. The second-order valence-corrected chi connectivity index (χ2v) is 3.89. The summed E-state index contributed by atoms with van der Waals surface area (Å²) in [6.07, 6.45) is 3.20. The van der Waals surface area contributed by atoms with Crippen molar-refractivity contribution >= 4 is 11.9 Å². The highest BCUT2D eigenvalue weighted by atomic mass is 16.6. The molecule has 1 aromatic rings. The highest BCUT2D eigenvalue weighted by Gasteiger charge is 2.07. The third kappa shape index (κ3) is 5.85. The first-order valence-corrected chi connectivity index (χ1v) is 5.99. The van der Waals surface area contributed by atoms with E-state index in [2.05, 4.69) is 16.9 Å². The largest absolute Gasteiger partial charge is 0.393 e. The topological polar surface area (TPSA) is 43.4 Å². The first kappa shape index (κ1) is 13.4. The molecular formula is C14H18O3. The Hall–Kier alpha value is -1.64. The normalized spacial score (nSPS) is 9.94. The lowest BCUT2D eigenvalue weighted by Crippen LogP contribution is -2.10. The van der Waals surface area contributed by atoms with Gasteiger partial charge in [-0.15, -0.1) is 0 Å². The van der Waals surface area contributed by atoms with Gasteiger partial charge in [-0.2, -0.15) is 0 Å². The molecule has 0 unspecified atom stereocenters. The Balaban J connectivity index is 2.12. The van der Waals surface area contributed by atoms with E-state index < -0.39 is 11.9 Å². The molecule has 92 valence electrons. The molecule has 0 radical (unpaired) electrons. The highest BCUT2D eigenvalue weighted by molar-refractivity contribution is 5.85. The fourth-order valence-electron chi connectivity index (χ4n) is 1.49. The van der Waals surface area contributed by atoms with Gasteiger partial charge in [0.15, 0.2) is 0 Å². The van der Waals surface area contributed by atoms with Crippen LogP contribution in [0, 0.1) is 0 Å². The Morgan fingerprint density at radius 2 is 1.76 bits per heavy atom. The van der Waals surface area contributed by atoms with Gasteiger partial charge in [0, 0.05) is 12.8 Å². The summed E-state index contributed by atoms with van der Waals surface area (Å²) >= 11 is 0. The zero-order valence-corrected chi connectivity index (χ0v) is 10.1. The second-order valence-electron chi connectivity index (χ2n) is 3.89. The maximum Gasteiger partial charge on any atom is 0.313 e. The van der Waals surface area contributed by atoms with Crippen molar-refractivity contribution in [2.75, 3.05) is 0 Å². The molecule has 0 N–H and O–H groups in total. The monoisotopic (exact) mass is 234 g/mol. The van der Waals surface area contributed by atoms with Crippen LogP contribution < -0.4 is 0 Å². The maximum absolute atomic E-state index is 11.2. The van der Waals surface area contributed by atoms with Crippen LogP contribution in [0.4, 0.5) is 0 Å². The van der Waals surface area contributed by atoms with Gasteiger partial charge in [0.2, 0.25) is 0 Å². The Morgan fingerprint density at radius 1 is 1.06 bits per heavy atom. The van der Waals surface area contributed by atoms with E-state index in [-0.39, 0.29) is 6.42 Å². The number of benzene rings is 1. The number of ether oxygens (including phenoxy) is 1. The minimum Gasteiger partial charge on any atom is -0.393 e. The lowest BCUT2D eigenvalue weighted by Gasteiger charge is -2.02. The second kappa shape index (κ2) is 7.60. The van der Waals surface area contributed by atoms with Crippen molar-refractivity contribution in [3.63, 3.8) is 0 Å². The molecule has 1 aromatic carbocycles. The molecule has 1 rings (SSSR count). The van der Waals surface area contributed by atoms with E-state index in [9.17, 15) is 9.59 Å². The third-order valence-corrected chi connectivity index (χ3v) is 2.46. The number of carbonyl (C=O) groups excluding carboxylic acids is 2. The van der Waals surface area contributed by atoms with Gasteiger partial charge < -0.3 is 4.74 Å². The van der Waals surface area contributed by atoms with E-state index >= 15 is 0 Å². The van der Waals surface area contributed by atoms with Crippen LogP contribution in [0.2, 0.25) is 0 Å². The minimum atomic E-state index is -0.446. The molecule has 0 aliphatic rings. The molecule has 0 aromatic heterocycles. The van der Waals surface area contributed by atoms with Gasteiger partial charge in [0.05, 0.1) is 0 Å². The summed E-state index contributed by atoms with van der Waals surface area (Å²) in [6, 6.07) is 10.1. The van der Waals surface area contributed by atoms with Gasteiger partial charge >= 0.3 is 11.9 Å². The number of unbranched alkanes of at least 4 members (excludes halogenated alkanes) is 1. The minimum absolute atomic E-state index is 0.246. The fraction of sp³-hybridized carbons (Fsp3) is 0.429. The molecule has 0 atom stereocenters. The van der Waals surface area contributed by atoms with Crippen LogP contribution in [0.3, 0.4) is 0 Å². The average molecular weight is 234 g/mol. The number of aryl methyl sites for hydroxylation is 1. The van der Waals surface area contributed by atoms with E-state index in [1.165, 1.54) is 5.56 Å². The van der Waals surface area contributed by atoms with Gasteiger partial charge in [-0.25, -0.2) is 0 Å². The lowest BCUT2D eigenvalue weighted by atomic mass is 10.1. The van der Waals surface area contributed by atoms with Crippen molar-refractivity contribution < 1.29 is 14.3 Å². The zero-order valence-electron chi connectivity index (χ0n) is 10.1. The molecule has 17 heavy (non-hydrogen) atoms. The van der Waals surface area contributed by atoms with E-state index in [1.54, 1.807) is 6.92 Å². The summed E-state index contributed by atoms with van der Waals surface area (Å²) in [4.78, 5) is 22.0. The van der Waals surface area contributed by atoms with Gasteiger partial charge in [0.25, 0.3) is 0 Å². The van der Waals surface area contributed by atoms with Crippen molar-refractivity contribution in [1.29, 1.82) is 0 Å². The number of hydrogen-bond donors (Lipinski definition) is 0. The summed E-state index contributed by atoms with van der Waals surface area (Å²) in [5, 5.41) is 0. The zero-order chi connectivity index (χ0) is 12.5. The third-order valence-electron chi connectivity index (χ3n) is 2.46.